The Morgan fingerprint density at radius 1 is 0.600 bits per heavy atom. The highest BCUT2D eigenvalue weighted by Gasteiger charge is 2.52. The van der Waals surface area contributed by atoms with E-state index in [1.165, 1.54) is 6.08 Å². The minimum absolute atomic E-state index is 0.0114. The summed E-state index contributed by atoms with van der Waals surface area (Å²) in [5.41, 5.74) is -0.0114. The SMILES string of the molecule is OCC1=CC(NC2CC(CO)C(OC3C(CO)OC(O)C(O)C3O)C(O)C2O)C(O)C(O)C1OC1C(CO)OC(O)C(O)C1O. The first-order valence-electron chi connectivity index (χ1n) is 14.6. The highest BCUT2D eigenvalue weighted by molar-refractivity contribution is 5.23. The fraction of sp³-hybridized carbons (Fsp3) is 0.923. The first-order valence-corrected chi connectivity index (χ1v) is 14.6. The Kier molecular flexibility index (Phi) is 12.7. The number of aliphatic hydroxyl groups is 14. The number of aliphatic hydroxyl groups excluding tert-OH is 14. The van der Waals surface area contributed by atoms with Crippen molar-refractivity contribution in [1.29, 1.82) is 0 Å². The van der Waals surface area contributed by atoms with Crippen LogP contribution >= 0.6 is 0 Å². The maximum Gasteiger partial charge on any atom is 0.184 e. The van der Waals surface area contributed by atoms with Gasteiger partial charge in [-0.2, -0.15) is 0 Å². The fourth-order valence-electron chi connectivity index (χ4n) is 6.41. The predicted octanol–water partition coefficient (Wildman–Crippen LogP) is -8.93. The van der Waals surface area contributed by atoms with Crippen LogP contribution in [0.1, 0.15) is 6.42 Å². The van der Waals surface area contributed by atoms with E-state index in [1.807, 2.05) is 0 Å². The molecule has 0 aromatic heterocycles. The van der Waals surface area contributed by atoms with Crippen molar-refractivity contribution < 1.29 is 90.4 Å². The lowest BCUT2D eigenvalue weighted by molar-refractivity contribution is -0.311. The Balaban J connectivity index is 1.48. The van der Waals surface area contributed by atoms with Crippen LogP contribution < -0.4 is 5.32 Å². The van der Waals surface area contributed by atoms with Gasteiger partial charge in [0.2, 0.25) is 0 Å². The Hall–Kier alpha value is -1.02. The normalized spacial score (nSPS) is 51.2. The van der Waals surface area contributed by atoms with Gasteiger partial charge in [0.15, 0.2) is 12.6 Å². The first kappa shape index (κ1) is 36.8. The predicted molar refractivity (Wildman–Crippen MR) is 142 cm³/mol. The molecule has 0 amide bonds. The highest BCUT2D eigenvalue weighted by Crippen LogP contribution is 2.34. The topological polar surface area (TPSA) is 332 Å². The molecule has 0 radical (unpaired) electrons. The van der Waals surface area contributed by atoms with E-state index in [0.29, 0.717) is 0 Å². The molecular formula is C26H45NO18. The second-order valence-corrected chi connectivity index (χ2v) is 11.9. The number of nitrogens with one attached hydrogen (secondary N) is 1. The zero-order valence-corrected chi connectivity index (χ0v) is 24.0. The molecule has 3 fully saturated rings. The van der Waals surface area contributed by atoms with Crippen LogP contribution in [0.5, 0.6) is 0 Å². The third-order valence-corrected chi connectivity index (χ3v) is 9.03. The van der Waals surface area contributed by atoms with E-state index in [-0.39, 0.29) is 12.0 Å². The molecule has 2 saturated heterocycles. The Morgan fingerprint density at radius 2 is 1.11 bits per heavy atom. The van der Waals surface area contributed by atoms with E-state index in [9.17, 15) is 71.5 Å². The third-order valence-electron chi connectivity index (χ3n) is 9.03. The summed E-state index contributed by atoms with van der Waals surface area (Å²) < 4.78 is 21.6. The quantitative estimate of drug-likeness (QED) is 0.0968. The van der Waals surface area contributed by atoms with Crippen molar-refractivity contribution in [3.05, 3.63) is 11.6 Å². The van der Waals surface area contributed by atoms with Crippen LogP contribution in [-0.4, -0.2) is 208 Å². The van der Waals surface area contributed by atoms with Crippen molar-refractivity contribution in [2.45, 2.75) is 117 Å². The zero-order valence-electron chi connectivity index (χ0n) is 24.0. The van der Waals surface area contributed by atoms with Crippen molar-refractivity contribution in [2.24, 2.45) is 5.92 Å². The van der Waals surface area contributed by atoms with Gasteiger partial charge in [0, 0.05) is 18.6 Å². The van der Waals surface area contributed by atoms with Crippen LogP contribution in [0.2, 0.25) is 0 Å². The minimum Gasteiger partial charge on any atom is -0.396 e. The van der Waals surface area contributed by atoms with E-state index in [4.69, 9.17) is 18.9 Å². The van der Waals surface area contributed by atoms with Crippen LogP contribution in [0.25, 0.3) is 0 Å². The van der Waals surface area contributed by atoms with Gasteiger partial charge in [-0.25, -0.2) is 0 Å². The van der Waals surface area contributed by atoms with Crippen LogP contribution in [-0.2, 0) is 18.9 Å². The maximum atomic E-state index is 11.0. The van der Waals surface area contributed by atoms with Gasteiger partial charge in [0.1, 0.15) is 73.2 Å². The lowest BCUT2D eigenvalue weighted by atomic mass is 9.78. The van der Waals surface area contributed by atoms with E-state index in [1.54, 1.807) is 0 Å². The molecule has 0 spiro atoms. The lowest BCUT2D eigenvalue weighted by Gasteiger charge is -2.48. The summed E-state index contributed by atoms with van der Waals surface area (Å²) in [4.78, 5) is 0. The molecule has 2 aliphatic heterocycles. The van der Waals surface area contributed by atoms with Crippen LogP contribution in [0.15, 0.2) is 11.6 Å². The smallest absolute Gasteiger partial charge is 0.184 e. The molecule has 1 saturated carbocycles. The minimum atomic E-state index is -1.83. The first-order chi connectivity index (χ1) is 21.3. The molecule has 0 aromatic rings. The molecule has 19 heteroatoms. The highest BCUT2D eigenvalue weighted by atomic mass is 16.7. The summed E-state index contributed by atoms with van der Waals surface area (Å²) in [6.45, 7) is -2.83. The second-order valence-electron chi connectivity index (χ2n) is 11.9. The van der Waals surface area contributed by atoms with Crippen molar-refractivity contribution in [2.75, 3.05) is 26.4 Å². The molecule has 0 bridgehead atoms. The molecule has 19 unspecified atom stereocenters. The second kappa shape index (κ2) is 15.5. The van der Waals surface area contributed by atoms with Gasteiger partial charge in [0.25, 0.3) is 0 Å². The van der Waals surface area contributed by atoms with Gasteiger partial charge in [-0.1, -0.05) is 6.08 Å². The summed E-state index contributed by atoms with van der Waals surface area (Å²) in [7, 11) is 0. The molecule has 4 rings (SSSR count). The molecule has 19 atom stereocenters. The van der Waals surface area contributed by atoms with Crippen LogP contribution in [0.3, 0.4) is 0 Å². The van der Waals surface area contributed by atoms with Crippen molar-refractivity contribution >= 4 is 0 Å². The summed E-state index contributed by atoms with van der Waals surface area (Å²) >= 11 is 0. The Morgan fingerprint density at radius 3 is 1.60 bits per heavy atom. The average Bonchev–Trinajstić information content (AvgIpc) is 3.03. The van der Waals surface area contributed by atoms with Crippen molar-refractivity contribution in [1.82, 2.24) is 5.32 Å². The number of hydrogen-bond donors (Lipinski definition) is 15. The molecular weight excluding hydrogens is 614 g/mol. The van der Waals surface area contributed by atoms with Gasteiger partial charge in [-0.15, -0.1) is 0 Å². The average molecular weight is 660 g/mol. The molecule has 45 heavy (non-hydrogen) atoms. The third kappa shape index (κ3) is 7.37. The summed E-state index contributed by atoms with van der Waals surface area (Å²) in [6.07, 6.45) is -25.0. The van der Waals surface area contributed by atoms with Gasteiger partial charge < -0.3 is 95.8 Å². The van der Waals surface area contributed by atoms with E-state index < -0.39 is 142 Å². The van der Waals surface area contributed by atoms with E-state index in [2.05, 4.69) is 5.32 Å². The largest absolute Gasteiger partial charge is 0.396 e. The zero-order chi connectivity index (χ0) is 33.3. The van der Waals surface area contributed by atoms with Crippen LogP contribution in [0, 0.1) is 5.92 Å². The number of rotatable bonds is 10. The van der Waals surface area contributed by atoms with Gasteiger partial charge >= 0.3 is 0 Å². The molecule has 19 nitrogen and oxygen atoms in total. The Bertz CT molecular complexity index is 972. The summed E-state index contributed by atoms with van der Waals surface area (Å²) in [5.74, 6) is -0.926. The fourth-order valence-corrected chi connectivity index (χ4v) is 6.41. The van der Waals surface area contributed by atoms with Crippen molar-refractivity contribution in [3.63, 3.8) is 0 Å². The standard InChI is InChI=1S/C26H45NO18/c28-3-7-1-9(13(32)15(34)21(7)44-23-11(5-30)42-25(40)19(38)17(23)36)27-10-2-8(4-29)22(16(35)14(10)33)45-24-12(6-31)43-26(41)20(39)18(24)37/h1,8-41H,2-6H2. The summed E-state index contributed by atoms with van der Waals surface area (Å²) in [5, 5.41) is 146. The van der Waals surface area contributed by atoms with Gasteiger partial charge in [0.05, 0.1) is 38.1 Å². The van der Waals surface area contributed by atoms with E-state index >= 15 is 0 Å². The van der Waals surface area contributed by atoms with Gasteiger partial charge in [-0.05, 0) is 12.0 Å². The monoisotopic (exact) mass is 659 g/mol. The van der Waals surface area contributed by atoms with Gasteiger partial charge in [-0.3, -0.25) is 0 Å². The number of hydrogen-bond acceptors (Lipinski definition) is 19. The molecule has 4 aliphatic rings. The van der Waals surface area contributed by atoms with Crippen LogP contribution in [0.4, 0.5) is 0 Å². The van der Waals surface area contributed by atoms with E-state index in [0.717, 1.165) is 0 Å². The summed E-state index contributed by atoms with van der Waals surface area (Å²) in [6, 6.07) is -2.24. The molecule has 15 N–H and O–H groups in total. The van der Waals surface area contributed by atoms with Crippen molar-refractivity contribution in [3.8, 4) is 0 Å². The molecule has 2 aliphatic carbocycles. The number of ether oxygens (including phenoxy) is 4. The molecule has 262 valence electrons. The Labute approximate surface area is 256 Å². The maximum absolute atomic E-state index is 11.0. The molecule has 0 aromatic carbocycles. The lowest BCUT2D eigenvalue weighted by Crippen LogP contribution is -2.66. The molecule has 2 heterocycles.